The van der Waals surface area contributed by atoms with E-state index in [1.165, 1.54) is 12.1 Å². The molecular weight excluding hydrogens is 210 g/mol. The molecule has 1 aliphatic heterocycles. The van der Waals surface area contributed by atoms with Crippen molar-refractivity contribution < 1.29 is 0 Å². The molecule has 3 heteroatoms. The van der Waals surface area contributed by atoms with Crippen LogP contribution in [-0.2, 0) is 0 Å². The van der Waals surface area contributed by atoms with Crippen LogP contribution in [0.1, 0.15) is 18.0 Å². The minimum absolute atomic E-state index is 0.649. The Morgan fingerprint density at radius 1 is 1.00 bits per heavy atom. The average Bonchev–Trinajstić information content (AvgIpc) is 2.96. The Bertz CT molecular complexity index is 370. The summed E-state index contributed by atoms with van der Waals surface area (Å²) in [5.74, 6) is 0.649. The van der Waals surface area contributed by atoms with Gasteiger partial charge in [-0.15, -0.1) is 0 Å². The third-order valence-corrected chi connectivity index (χ3v) is 2.73. The van der Waals surface area contributed by atoms with Crippen molar-refractivity contribution in [2.24, 2.45) is 0 Å². The van der Waals surface area contributed by atoms with E-state index in [1.807, 2.05) is 30.5 Å². The van der Waals surface area contributed by atoms with Gasteiger partial charge in [-0.25, -0.2) is 0 Å². The fraction of sp³-hybridized carbons (Fsp3) is 0.286. The van der Waals surface area contributed by atoms with E-state index in [2.05, 4.69) is 27.4 Å². The predicted octanol–water partition coefficient (Wildman–Crippen LogP) is 2.24. The molecule has 0 radical (unpaired) electrons. The van der Waals surface area contributed by atoms with Crippen LogP contribution in [0.15, 0.2) is 55.0 Å². The zero-order chi connectivity index (χ0) is 11.8. The van der Waals surface area contributed by atoms with E-state index in [-0.39, 0.29) is 0 Å². The summed E-state index contributed by atoms with van der Waals surface area (Å²) >= 11 is 0. The van der Waals surface area contributed by atoms with Gasteiger partial charge in [-0.2, -0.15) is 0 Å². The van der Waals surface area contributed by atoms with Gasteiger partial charge in [-0.05, 0) is 37.2 Å². The van der Waals surface area contributed by atoms with Gasteiger partial charge in [0.25, 0.3) is 0 Å². The Balaban J connectivity index is 0.000000153. The lowest BCUT2D eigenvalue weighted by Crippen LogP contribution is -2.08. The number of rotatable bonds is 1. The topological polar surface area (TPSA) is 37.8 Å². The summed E-state index contributed by atoms with van der Waals surface area (Å²) in [6, 6.07) is 11.8. The van der Waals surface area contributed by atoms with Gasteiger partial charge in [0.1, 0.15) is 0 Å². The van der Waals surface area contributed by atoms with E-state index in [4.69, 9.17) is 0 Å². The molecule has 0 aromatic carbocycles. The number of aromatic nitrogens is 2. The number of pyridine rings is 2. The molecule has 3 heterocycles. The van der Waals surface area contributed by atoms with Gasteiger partial charge in [0.2, 0.25) is 0 Å². The van der Waals surface area contributed by atoms with Crippen LogP contribution in [0.3, 0.4) is 0 Å². The molecule has 1 N–H and O–H groups in total. The minimum atomic E-state index is 0.649. The van der Waals surface area contributed by atoms with Gasteiger partial charge in [0.05, 0.1) is 0 Å². The highest BCUT2D eigenvalue weighted by molar-refractivity contribution is 5.11. The molecule has 3 nitrogen and oxygen atoms in total. The predicted molar refractivity (Wildman–Crippen MR) is 68.7 cm³/mol. The molecule has 0 saturated carbocycles. The standard InChI is InChI=1S/C9H12N2.C5H5N/c1-2-5-11-9(3-1)8-4-6-10-7-8;1-2-4-6-5-3-1/h1-3,5,8,10H,4,6-7H2;1-5H. The van der Waals surface area contributed by atoms with E-state index in [0.29, 0.717) is 5.92 Å². The fourth-order valence-corrected chi connectivity index (χ4v) is 1.84. The normalized spacial score (nSPS) is 18.2. The number of nitrogens with zero attached hydrogens (tertiary/aromatic N) is 2. The molecule has 1 atom stereocenters. The highest BCUT2D eigenvalue weighted by atomic mass is 14.9. The Morgan fingerprint density at radius 3 is 2.29 bits per heavy atom. The molecule has 1 aliphatic rings. The molecular formula is C14H17N3. The van der Waals surface area contributed by atoms with Crippen LogP contribution in [0.2, 0.25) is 0 Å². The highest BCUT2D eigenvalue weighted by Crippen LogP contribution is 2.18. The first-order valence-electron chi connectivity index (χ1n) is 5.93. The fourth-order valence-electron chi connectivity index (χ4n) is 1.84. The van der Waals surface area contributed by atoms with Crippen LogP contribution in [0, 0.1) is 0 Å². The lowest BCUT2D eigenvalue weighted by Gasteiger charge is -2.05. The van der Waals surface area contributed by atoms with E-state index >= 15 is 0 Å². The average molecular weight is 227 g/mol. The number of nitrogens with one attached hydrogen (secondary N) is 1. The molecule has 17 heavy (non-hydrogen) atoms. The maximum Gasteiger partial charge on any atom is 0.0447 e. The summed E-state index contributed by atoms with van der Waals surface area (Å²) in [4.78, 5) is 8.11. The SMILES string of the molecule is c1ccc(C2CCNC2)nc1.c1ccncc1. The van der Waals surface area contributed by atoms with Gasteiger partial charge >= 0.3 is 0 Å². The Hall–Kier alpha value is -1.74. The first-order chi connectivity index (χ1) is 8.47. The van der Waals surface area contributed by atoms with E-state index in [1.54, 1.807) is 12.4 Å². The van der Waals surface area contributed by atoms with Gasteiger partial charge in [0.15, 0.2) is 0 Å². The first kappa shape index (κ1) is 11.7. The quantitative estimate of drug-likeness (QED) is 0.812. The molecule has 2 aromatic heterocycles. The Kier molecular flexibility index (Phi) is 4.67. The van der Waals surface area contributed by atoms with Gasteiger partial charge in [-0.3, -0.25) is 9.97 Å². The Morgan fingerprint density at radius 2 is 1.82 bits per heavy atom. The summed E-state index contributed by atoms with van der Waals surface area (Å²) in [6.45, 7) is 2.23. The van der Waals surface area contributed by atoms with Gasteiger partial charge in [-0.1, -0.05) is 12.1 Å². The van der Waals surface area contributed by atoms with Crippen LogP contribution in [0.4, 0.5) is 0 Å². The minimum Gasteiger partial charge on any atom is -0.316 e. The summed E-state index contributed by atoms with van der Waals surface area (Å²) in [7, 11) is 0. The largest absolute Gasteiger partial charge is 0.316 e. The van der Waals surface area contributed by atoms with Crippen molar-refractivity contribution in [3.8, 4) is 0 Å². The second-order valence-corrected chi connectivity index (χ2v) is 3.97. The van der Waals surface area contributed by atoms with Crippen LogP contribution >= 0.6 is 0 Å². The molecule has 2 aromatic rings. The van der Waals surface area contributed by atoms with E-state index in [9.17, 15) is 0 Å². The van der Waals surface area contributed by atoms with Crippen molar-refractivity contribution in [3.05, 3.63) is 60.7 Å². The van der Waals surface area contributed by atoms with Crippen molar-refractivity contribution in [2.45, 2.75) is 12.3 Å². The van der Waals surface area contributed by atoms with E-state index in [0.717, 1.165) is 13.1 Å². The number of hydrogen-bond donors (Lipinski definition) is 1. The lowest BCUT2D eigenvalue weighted by atomic mass is 10.0. The number of hydrogen-bond acceptors (Lipinski definition) is 3. The summed E-state index contributed by atoms with van der Waals surface area (Å²) in [6.07, 6.45) is 6.60. The third-order valence-electron chi connectivity index (χ3n) is 2.73. The van der Waals surface area contributed by atoms with Crippen molar-refractivity contribution in [1.29, 1.82) is 0 Å². The summed E-state index contributed by atoms with van der Waals surface area (Å²) in [5, 5.41) is 3.33. The zero-order valence-electron chi connectivity index (χ0n) is 9.79. The van der Waals surface area contributed by atoms with Crippen LogP contribution in [-0.4, -0.2) is 23.1 Å². The molecule has 88 valence electrons. The van der Waals surface area contributed by atoms with Crippen LogP contribution < -0.4 is 5.32 Å². The lowest BCUT2D eigenvalue weighted by molar-refractivity contribution is 0.735. The first-order valence-corrected chi connectivity index (χ1v) is 5.93. The highest BCUT2D eigenvalue weighted by Gasteiger charge is 2.16. The Labute approximate surface area is 102 Å². The van der Waals surface area contributed by atoms with E-state index < -0.39 is 0 Å². The van der Waals surface area contributed by atoms with Gasteiger partial charge < -0.3 is 5.32 Å². The zero-order valence-corrected chi connectivity index (χ0v) is 9.79. The maximum atomic E-state index is 4.32. The summed E-state index contributed by atoms with van der Waals surface area (Å²) in [5.41, 5.74) is 1.23. The van der Waals surface area contributed by atoms with Crippen molar-refractivity contribution in [1.82, 2.24) is 15.3 Å². The molecule has 1 saturated heterocycles. The molecule has 1 unspecified atom stereocenters. The third kappa shape index (κ3) is 3.96. The van der Waals surface area contributed by atoms with Crippen molar-refractivity contribution in [2.75, 3.05) is 13.1 Å². The van der Waals surface area contributed by atoms with Crippen LogP contribution in [0.25, 0.3) is 0 Å². The monoisotopic (exact) mass is 227 g/mol. The molecule has 0 bridgehead atoms. The van der Waals surface area contributed by atoms with Crippen molar-refractivity contribution >= 4 is 0 Å². The smallest absolute Gasteiger partial charge is 0.0447 e. The van der Waals surface area contributed by atoms with Crippen molar-refractivity contribution in [3.63, 3.8) is 0 Å². The molecule has 0 spiro atoms. The van der Waals surface area contributed by atoms with Gasteiger partial charge in [0, 0.05) is 36.7 Å². The summed E-state index contributed by atoms with van der Waals surface area (Å²) < 4.78 is 0. The molecule has 0 amide bonds. The molecule has 3 rings (SSSR count). The van der Waals surface area contributed by atoms with Crippen LogP contribution in [0.5, 0.6) is 0 Å². The second kappa shape index (κ2) is 6.76. The molecule has 1 fully saturated rings. The molecule has 0 aliphatic carbocycles. The maximum absolute atomic E-state index is 4.32. The second-order valence-electron chi connectivity index (χ2n) is 3.97.